The number of aliphatic hydroxyl groups excluding tert-OH is 1. The van der Waals surface area contributed by atoms with Crippen molar-refractivity contribution in [3.05, 3.63) is 12.3 Å². The highest BCUT2D eigenvalue weighted by atomic mass is 16.6. The predicted molar refractivity (Wildman–Crippen MR) is 41.2 cm³/mol. The Hall–Kier alpha value is -1.03. The first-order valence-electron chi connectivity index (χ1n) is 3.78. The SMILES string of the molecule is CC(=O)O[C@H]1C=CO[C@@H](C)[C@@H]1O. The Morgan fingerprint density at radius 1 is 1.67 bits per heavy atom. The second-order valence-electron chi connectivity index (χ2n) is 2.73. The molecule has 1 aliphatic rings. The van der Waals surface area contributed by atoms with E-state index in [1.54, 1.807) is 6.92 Å². The molecule has 0 aromatic rings. The van der Waals surface area contributed by atoms with Crippen LogP contribution in [0.2, 0.25) is 0 Å². The van der Waals surface area contributed by atoms with Crippen molar-refractivity contribution >= 4 is 5.97 Å². The van der Waals surface area contributed by atoms with Crippen molar-refractivity contribution in [1.82, 2.24) is 0 Å². The molecule has 12 heavy (non-hydrogen) atoms. The summed E-state index contributed by atoms with van der Waals surface area (Å²) >= 11 is 0. The van der Waals surface area contributed by atoms with E-state index in [9.17, 15) is 9.90 Å². The van der Waals surface area contributed by atoms with Gasteiger partial charge in [0.1, 0.15) is 12.2 Å². The van der Waals surface area contributed by atoms with Gasteiger partial charge in [-0.25, -0.2) is 0 Å². The van der Waals surface area contributed by atoms with Gasteiger partial charge in [0, 0.05) is 6.92 Å². The third-order valence-corrected chi connectivity index (χ3v) is 1.68. The predicted octanol–water partition coefficient (Wildman–Crippen LogP) is 0.211. The van der Waals surface area contributed by atoms with Crippen molar-refractivity contribution in [2.45, 2.75) is 32.2 Å². The average molecular weight is 172 g/mol. The number of hydrogen-bond donors (Lipinski definition) is 1. The molecular weight excluding hydrogens is 160 g/mol. The van der Waals surface area contributed by atoms with E-state index in [1.165, 1.54) is 19.3 Å². The Bertz CT molecular complexity index is 199. The van der Waals surface area contributed by atoms with Gasteiger partial charge in [0.2, 0.25) is 0 Å². The highest BCUT2D eigenvalue weighted by Crippen LogP contribution is 2.14. The van der Waals surface area contributed by atoms with E-state index in [1.807, 2.05) is 0 Å². The topological polar surface area (TPSA) is 55.8 Å². The Balaban J connectivity index is 2.57. The van der Waals surface area contributed by atoms with Crippen molar-refractivity contribution in [3.8, 4) is 0 Å². The molecule has 0 amide bonds. The summed E-state index contributed by atoms with van der Waals surface area (Å²) < 4.78 is 9.80. The van der Waals surface area contributed by atoms with E-state index < -0.39 is 18.2 Å². The van der Waals surface area contributed by atoms with Crippen molar-refractivity contribution in [2.24, 2.45) is 0 Å². The number of aliphatic hydroxyl groups is 1. The fraction of sp³-hybridized carbons (Fsp3) is 0.625. The third-order valence-electron chi connectivity index (χ3n) is 1.68. The Kier molecular flexibility index (Phi) is 2.70. The van der Waals surface area contributed by atoms with Crippen LogP contribution in [0.1, 0.15) is 13.8 Å². The normalized spacial score (nSPS) is 34.1. The van der Waals surface area contributed by atoms with Crippen molar-refractivity contribution in [3.63, 3.8) is 0 Å². The number of esters is 1. The molecule has 4 nitrogen and oxygen atoms in total. The van der Waals surface area contributed by atoms with E-state index in [0.29, 0.717) is 0 Å². The van der Waals surface area contributed by atoms with Gasteiger partial charge >= 0.3 is 5.97 Å². The minimum Gasteiger partial charge on any atom is -0.496 e. The lowest BCUT2D eigenvalue weighted by molar-refractivity contribution is -0.154. The molecule has 0 radical (unpaired) electrons. The van der Waals surface area contributed by atoms with Gasteiger partial charge in [-0.15, -0.1) is 0 Å². The van der Waals surface area contributed by atoms with Gasteiger partial charge < -0.3 is 14.6 Å². The fourth-order valence-electron chi connectivity index (χ4n) is 1.01. The molecule has 0 aliphatic carbocycles. The maximum atomic E-state index is 10.6. The molecule has 4 heteroatoms. The van der Waals surface area contributed by atoms with Gasteiger partial charge in [-0.2, -0.15) is 0 Å². The van der Waals surface area contributed by atoms with Gasteiger partial charge in [-0.05, 0) is 13.0 Å². The van der Waals surface area contributed by atoms with Gasteiger partial charge in [0.15, 0.2) is 6.10 Å². The molecule has 68 valence electrons. The van der Waals surface area contributed by atoms with E-state index in [4.69, 9.17) is 9.47 Å². The first kappa shape index (κ1) is 9.06. The molecule has 0 aromatic carbocycles. The molecule has 0 unspecified atom stereocenters. The molecule has 0 saturated carbocycles. The average Bonchev–Trinajstić information content (AvgIpc) is 1.98. The summed E-state index contributed by atoms with van der Waals surface area (Å²) in [5.41, 5.74) is 0. The molecule has 0 saturated heterocycles. The van der Waals surface area contributed by atoms with Crippen LogP contribution in [-0.4, -0.2) is 29.4 Å². The number of rotatable bonds is 1. The van der Waals surface area contributed by atoms with Crippen LogP contribution in [0.4, 0.5) is 0 Å². The lowest BCUT2D eigenvalue weighted by Crippen LogP contribution is -2.40. The Labute approximate surface area is 70.8 Å². The van der Waals surface area contributed by atoms with Crippen LogP contribution >= 0.6 is 0 Å². The first-order chi connectivity index (χ1) is 5.61. The van der Waals surface area contributed by atoms with Crippen LogP contribution < -0.4 is 0 Å². The van der Waals surface area contributed by atoms with Crippen LogP contribution in [0, 0.1) is 0 Å². The molecule has 1 heterocycles. The standard InChI is InChI=1S/C8H12O4/c1-5-8(10)7(3-4-11-5)12-6(2)9/h3-5,7-8,10H,1-2H3/t5-,7-,8-/m0/s1. The second kappa shape index (κ2) is 3.58. The quantitative estimate of drug-likeness (QED) is 0.574. The first-order valence-corrected chi connectivity index (χ1v) is 3.78. The molecule has 0 spiro atoms. The maximum Gasteiger partial charge on any atom is 0.303 e. The van der Waals surface area contributed by atoms with Gasteiger partial charge in [-0.1, -0.05) is 0 Å². The zero-order valence-corrected chi connectivity index (χ0v) is 7.06. The number of ether oxygens (including phenoxy) is 2. The summed E-state index contributed by atoms with van der Waals surface area (Å²) in [6.07, 6.45) is 1.27. The lowest BCUT2D eigenvalue weighted by atomic mass is 10.1. The molecule has 0 bridgehead atoms. The monoisotopic (exact) mass is 172 g/mol. The van der Waals surface area contributed by atoms with Crippen LogP contribution in [0.3, 0.4) is 0 Å². The summed E-state index contributed by atoms with van der Waals surface area (Å²) in [5.74, 6) is -0.405. The Morgan fingerprint density at radius 3 is 2.92 bits per heavy atom. The molecule has 1 rings (SSSR count). The molecular formula is C8H12O4. The van der Waals surface area contributed by atoms with E-state index in [0.717, 1.165) is 0 Å². The zero-order valence-electron chi connectivity index (χ0n) is 7.06. The minimum absolute atomic E-state index is 0.334. The summed E-state index contributed by atoms with van der Waals surface area (Å²) in [5, 5.41) is 9.43. The molecule has 0 fully saturated rings. The molecule has 1 N–H and O–H groups in total. The van der Waals surface area contributed by atoms with E-state index in [-0.39, 0.29) is 6.10 Å². The number of carbonyl (C=O) groups is 1. The zero-order chi connectivity index (χ0) is 9.14. The van der Waals surface area contributed by atoms with Crippen molar-refractivity contribution < 1.29 is 19.4 Å². The lowest BCUT2D eigenvalue weighted by Gasteiger charge is -2.28. The van der Waals surface area contributed by atoms with Gasteiger partial charge in [-0.3, -0.25) is 4.79 Å². The molecule has 1 aliphatic heterocycles. The number of carbonyl (C=O) groups excluding carboxylic acids is 1. The van der Waals surface area contributed by atoms with Crippen LogP contribution in [0.25, 0.3) is 0 Å². The largest absolute Gasteiger partial charge is 0.496 e. The van der Waals surface area contributed by atoms with Crippen molar-refractivity contribution in [2.75, 3.05) is 0 Å². The van der Waals surface area contributed by atoms with Crippen LogP contribution in [0.5, 0.6) is 0 Å². The highest BCUT2D eigenvalue weighted by molar-refractivity contribution is 5.66. The smallest absolute Gasteiger partial charge is 0.303 e. The highest BCUT2D eigenvalue weighted by Gasteiger charge is 2.28. The summed E-state index contributed by atoms with van der Waals surface area (Å²) in [4.78, 5) is 10.6. The maximum absolute atomic E-state index is 10.6. The fourth-order valence-corrected chi connectivity index (χ4v) is 1.01. The van der Waals surface area contributed by atoms with Gasteiger partial charge in [0.05, 0.1) is 6.26 Å². The minimum atomic E-state index is -0.779. The van der Waals surface area contributed by atoms with Crippen molar-refractivity contribution in [1.29, 1.82) is 0 Å². The summed E-state index contributed by atoms with van der Waals surface area (Å²) in [6.45, 7) is 3.02. The third kappa shape index (κ3) is 1.98. The number of hydrogen-bond acceptors (Lipinski definition) is 4. The molecule has 0 aromatic heterocycles. The molecule has 3 atom stereocenters. The second-order valence-corrected chi connectivity index (χ2v) is 2.73. The van der Waals surface area contributed by atoms with Crippen LogP contribution in [-0.2, 0) is 14.3 Å². The van der Waals surface area contributed by atoms with Crippen LogP contribution in [0.15, 0.2) is 12.3 Å². The summed E-state index contributed by atoms with van der Waals surface area (Å²) in [6, 6.07) is 0. The summed E-state index contributed by atoms with van der Waals surface area (Å²) in [7, 11) is 0. The van der Waals surface area contributed by atoms with Gasteiger partial charge in [0.25, 0.3) is 0 Å². The van der Waals surface area contributed by atoms with E-state index >= 15 is 0 Å². The Morgan fingerprint density at radius 2 is 2.33 bits per heavy atom. The van der Waals surface area contributed by atoms with E-state index in [2.05, 4.69) is 0 Å².